The summed E-state index contributed by atoms with van der Waals surface area (Å²) in [5, 5.41) is 17.1. The van der Waals surface area contributed by atoms with Gasteiger partial charge in [0.15, 0.2) is 0 Å². The second kappa shape index (κ2) is 5.82. The highest BCUT2D eigenvalue weighted by Crippen LogP contribution is 2.47. The van der Waals surface area contributed by atoms with Gasteiger partial charge in [0.25, 0.3) is 0 Å². The SMILES string of the molecule is Cc1noc(C)c1CCC(=O)N1C[C@@H]2[C@H](CO)[C@H]3CNC[C@]2(C1)O3. The van der Waals surface area contributed by atoms with Crippen LogP contribution in [0.5, 0.6) is 0 Å². The van der Waals surface area contributed by atoms with Gasteiger partial charge in [0, 0.05) is 50.1 Å². The number of aliphatic hydroxyl groups is 1. The summed E-state index contributed by atoms with van der Waals surface area (Å²) in [6.07, 6.45) is 1.18. The van der Waals surface area contributed by atoms with Crippen molar-refractivity contribution in [2.24, 2.45) is 11.8 Å². The van der Waals surface area contributed by atoms with E-state index in [1.54, 1.807) is 0 Å². The van der Waals surface area contributed by atoms with Gasteiger partial charge in [-0.05, 0) is 20.3 Å². The van der Waals surface area contributed by atoms with Gasteiger partial charge in [-0.25, -0.2) is 0 Å². The van der Waals surface area contributed by atoms with Crippen LogP contribution in [0, 0.1) is 25.7 Å². The molecule has 2 bridgehead atoms. The lowest BCUT2D eigenvalue weighted by Crippen LogP contribution is -2.52. The molecule has 3 aliphatic rings. The summed E-state index contributed by atoms with van der Waals surface area (Å²) >= 11 is 0. The van der Waals surface area contributed by atoms with Crippen LogP contribution < -0.4 is 5.32 Å². The third-order valence-corrected chi connectivity index (χ3v) is 6.04. The fourth-order valence-corrected chi connectivity index (χ4v) is 4.74. The van der Waals surface area contributed by atoms with Crippen LogP contribution in [-0.2, 0) is 16.0 Å². The first-order valence-electron chi connectivity index (χ1n) is 8.73. The van der Waals surface area contributed by atoms with E-state index in [4.69, 9.17) is 9.26 Å². The Hall–Kier alpha value is -1.44. The smallest absolute Gasteiger partial charge is 0.223 e. The van der Waals surface area contributed by atoms with Crippen molar-refractivity contribution < 1.29 is 19.2 Å². The molecule has 0 saturated carbocycles. The summed E-state index contributed by atoms with van der Waals surface area (Å²) in [6.45, 7) is 6.78. The van der Waals surface area contributed by atoms with Crippen molar-refractivity contribution in [3.05, 3.63) is 17.0 Å². The number of ether oxygens (including phenoxy) is 1. The lowest BCUT2D eigenvalue weighted by molar-refractivity contribution is -0.133. The molecule has 1 aromatic rings. The van der Waals surface area contributed by atoms with Gasteiger partial charge in [0.1, 0.15) is 11.4 Å². The third-order valence-electron chi connectivity index (χ3n) is 6.04. The molecule has 3 saturated heterocycles. The van der Waals surface area contributed by atoms with Crippen LogP contribution in [0.4, 0.5) is 0 Å². The Morgan fingerprint density at radius 2 is 2.33 bits per heavy atom. The predicted molar refractivity (Wildman–Crippen MR) is 85.4 cm³/mol. The Labute approximate surface area is 141 Å². The van der Waals surface area contributed by atoms with E-state index in [0.717, 1.165) is 30.1 Å². The van der Waals surface area contributed by atoms with Gasteiger partial charge in [0.2, 0.25) is 5.91 Å². The number of rotatable bonds is 4. The van der Waals surface area contributed by atoms with Crippen LogP contribution in [0.1, 0.15) is 23.4 Å². The molecule has 1 aromatic heterocycles. The molecule has 24 heavy (non-hydrogen) atoms. The molecule has 4 atom stereocenters. The molecule has 3 aliphatic heterocycles. The Bertz CT molecular complexity index is 626. The van der Waals surface area contributed by atoms with Crippen molar-refractivity contribution in [1.29, 1.82) is 0 Å². The Morgan fingerprint density at radius 1 is 1.50 bits per heavy atom. The number of hydrogen-bond donors (Lipinski definition) is 2. The summed E-state index contributed by atoms with van der Waals surface area (Å²) in [7, 11) is 0. The van der Waals surface area contributed by atoms with E-state index >= 15 is 0 Å². The maximum atomic E-state index is 12.7. The predicted octanol–water partition coefficient (Wildman–Crippen LogP) is 0.0317. The monoisotopic (exact) mass is 335 g/mol. The van der Waals surface area contributed by atoms with E-state index in [1.165, 1.54) is 0 Å². The van der Waals surface area contributed by atoms with E-state index in [9.17, 15) is 9.90 Å². The number of aromatic nitrogens is 1. The molecule has 0 aromatic carbocycles. The average Bonchev–Trinajstić information content (AvgIpc) is 3.13. The molecule has 3 fully saturated rings. The van der Waals surface area contributed by atoms with Crippen LogP contribution in [0.15, 0.2) is 4.52 Å². The maximum absolute atomic E-state index is 12.7. The van der Waals surface area contributed by atoms with Crippen LogP contribution in [0.2, 0.25) is 0 Å². The summed E-state index contributed by atoms with van der Waals surface area (Å²) in [5.74, 6) is 1.28. The number of fused-ring (bicyclic) bond motifs is 1. The number of aryl methyl sites for hydroxylation is 2. The van der Waals surface area contributed by atoms with Crippen molar-refractivity contribution in [3.63, 3.8) is 0 Å². The molecule has 2 N–H and O–H groups in total. The molecule has 1 amide bonds. The first-order chi connectivity index (χ1) is 11.5. The van der Waals surface area contributed by atoms with E-state index in [1.807, 2.05) is 18.7 Å². The van der Waals surface area contributed by atoms with Gasteiger partial charge in [0.05, 0.1) is 18.3 Å². The minimum Gasteiger partial charge on any atom is -0.396 e. The number of hydrogen-bond acceptors (Lipinski definition) is 6. The number of nitrogens with one attached hydrogen (secondary N) is 1. The van der Waals surface area contributed by atoms with Crippen molar-refractivity contribution in [2.75, 3.05) is 32.8 Å². The first-order valence-corrected chi connectivity index (χ1v) is 8.73. The maximum Gasteiger partial charge on any atom is 0.223 e. The number of carbonyl (C=O) groups is 1. The van der Waals surface area contributed by atoms with Crippen molar-refractivity contribution >= 4 is 5.91 Å². The first kappa shape index (κ1) is 16.1. The molecule has 132 valence electrons. The average molecular weight is 335 g/mol. The molecule has 7 nitrogen and oxygen atoms in total. The summed E-state index contributed by atoms with van der Waals surface area (Å²) < 4.78 is 11.4. The Morgan fingerprint density at radius 3 is 3.04 bits per heavy atom. The van der Waals surface area contributed by atoms with Crippen LogP contribution in [-0.4, -0.2) is 65.6 Å². The van der Waals surface area contributed by atoms with Gasteiger partial charge < -0.3 is 24.6 Å². The number of morpholine rings is 1. The fraction of sp³-hybridized carbons (Fsp3) is 0.765. The zero-order chi connectivity index (χ0) is 16.9. The topological polar surface area (TPSA) is 87.8 Å². The molecule has 1 spiro atoms. The summed E-state index contributed by atoms with van der Waals surface area (Å²) in [4.78, 5) is 14.6. The quantitative estimate of drug-likeness (QED) is 0.807. The van der Waals surface area contributed by atoms with Gasteiger partial charge in [-0.3, -0.25) is 4.79 Å². The molecule has 7 heteroatoms. The molecular weight excluding hydrogens is 310 g/mol. The molecule has 0 aliphatic carbocycles. The number of aliphatic hydroxyl groups excluding tert-OH is 1. The fourth-order valence-electron chi connectivity index (χ4n) is 4.74. The highest BCUT2D eigenvalue weighted by Gasteiger charge is 2.61. The molecule has 0 radical (unpaired) electrons. The van der Waals surface area contributed by atoms with Gasteiger partial charge in [-0.2, -0.15) is 0 Å². The number of carbonyl (C=O) groups excluding carboxylic acids is 1. The molecular formula is C17H25N3O4. The summed E-state index contributed by atoms with van der Waals surface area (Å²) in [6, 6.07) is 0. The third kappa shape index (κ3) is 2.37. The standard InChI is InChI=1S/C17H25N3O4/c1-10-12(11(2)24-19-10)3-4-16(22)20-6-14-13(7-21)15-5-18-8-17(14,9-20)23-15/h13-15,18,21H,3-9H2,1-2H3/t13-,14+,15+,17+/m0/s1. The van der Waals surface area contributed by atoms with Crippen LogP contribution in [0.25, 0.3) is 0 Å². The van der Waals surface area contributed by atoms with Crippen LogP contribution in [0.3, 0.4) is 0 Å². The summed E-state index contributed by atoms with van der Waals surface area (Å²) in [5.41, 5.74) is 1.58. The van der Waals surface area contributed by atoms with Crippen molar-refractivity contribution in [1.82, 2.24) is 15.4 Å². The number of amides is 1. The molecule has 4 rings (SSSR count). The Kier molecular flexibility index (Phi) is 3.89. The van der Waals surface area contributed by atoms with Gasteiger partial charge in [-0.1, -0.05) is 5.16 Å². The van der Waals surface area contributed by atoms with E-state index < -0.39 is 0 Å². The normalized spacial score (nSPS) is 34.6. The van der Waals surface area contributed by atoms with Crippen molar-refractivity contribution in [3.8, 4) is 0 Å². The van der Waals surface area contributed by atoms with E-state index in [0.29, 0.717) is 25.9 Å². The minimum absolute atomic E-state index is 0.0771. The Balaban J connectivity index is 1.42. The van der Waals surface area contributed by atoms with Crippen LogP contribution >= 0.6 is 0 Å². The lowest BCUT2D eigenvalue weighted by Gasteiger charge is -2.33. The highest BCUT2D eigenvalue weighted by atomic mass is 16.5. The number of nitrogens with zero attached hydrogens (tertiary/aromatic N) is 2. The molecule has 0 unspecified atom stereocenters. The van der Waals surface area contributed by atoms with Gasteiger partial charge >= 0.3 is 0 Å². The number of likely N-dealkylation sites (tertiary alicyclic amines) is 1. The second-order valence-corrected chi connectivity index (χ2v) is 7.38. The highest BCUT2D eigenvalue weighted by molar-refractivity contribution is 5.77. The minimum atomic E-state index is -0.311. The van der Waals surface area contributed by atoms with E-state index in [2.05, 4.69) is 10.5 Å². The molecule has 4 heterocycles. The van der Waals surface area contributed by atoms with Crippen molar-refractivity contribution in [2.45, 2.75) is 38.4 Å². The second-order valence-electron chi connectivity index (χ2n) is 7.38. The zero-order valence-electron chi connectivity index (χ0n) is 14.2. The van der Waals surface area contributed by atoms with E-state index in [-0.39, 0.29) is 36.1 Å². The van der Waals surface area contributed by atoms with Gasteiger partial charge in [-0.15, -0.1) is 0 Å². The largest absolute Gasteiger partial charge is 0.396 e. The lowest BCUT2D eigenvalue weighted by atomic mass is 9.83. The zero-order valence-corrected chi connectivity index (χ0v) is 14.2.